The molecular formula is C19H24ClN5. The van der Waals surface area contributed by atoms with Gasteiger partial charge in [0.2, 0.25) is 0 Å². The SMILES string of the molecule is CN=C(NCc1cccc(C)n1)N1CCN(c2cccc(Cl)c2)CC1. The fraction of sp³-hybridized carbons (Fsp3) is 0.368. The Balaban J connectivity index is 1.55. The smallest absolute Gasteiger partial charge is 0.194 e. The van der Waals surface area contributed by atoms with E-state index in [0.717, 1.165) is 48.5 Å². The van der Waals surface area contributed by atoms with Gasteiger partial charge in [-0.15, -0.1) is 0 Å². The average molecular weight is 358 g/mol. The summed E-state index contributed by atoms with van der Waals surface area (Å²) in [4.78, 5) is 13.6. The monoisotopic (exact) mass is 357 g/mol. The summed E-state index contributed by atoms with van der Waals surface area (Å²) < 4.78 is 0. The quantitative estimate of drug-likeness (QED) is 0.677. The van der Waals surface area contributed by atoms with Gasteiger partial charge < -0.3 is 15.1 Å². The van der Waals surface area contributed by atoms with E-state index in [0.29, 0.717) is 6.54 Å². The van der Waals surface area contributed by atoms with E-state index in [1.165, 1.54) is 5.69 Å². The van der Waals surface area contributed by atoms with Gasteiger partial charge in [0.25, 0.3) is 0 Å². The van der Waals surface area contributed by atoms with Crippen LogP contribution in [0.1, 0.15) is 11.4 Å². The number of halogens is 1. The molecule has 2 aromatic rings. The maximum Gasteiger partial charge on any atom is 0.194 e. The van der Waals surface area contributed by atoms with E-state index in [2.05, 4.69) is 31.2 Å². The van der Waals surface area contributed by atoms with Crippen LogP contribution in [0.4, 0.5) is 5.69 Å². The predicted octanol–water partition coefficient (Wildman–Crippen LogP) is 2.94. The molecule has 0 spiro atoms. The first kappa shape index (κ1) is 17.5. The van der Waals surface area contributed by atoms with Crippen molar-refractivity contribution in [2.45, 2.75) is 13.5 Å². The zero-order valence-electron chi connectivity index (χ0n) is 14.7. The lowest BCUT2D eigenvalue weighted by Crippen LogP contribution is -2.52. The largest absolute Gasteiger partial charge is 0.368 e. The normalized spacial score (nSPS) is 15.4. The summed E-state index contributed by atoms with van der Waals surface area (Å²) in [6.07, 6.45) is 0. The Morgan fingerprint density at radius 2 is 1.92 bits per heavy atom. The minimum atomic E-state index is 0.683. The average Bonchev–Trinajstić information content (AvgIpc) is 2.63. The third kappa shape index (κ3) is 4.63. The number of aliphatic imine (C=N–C) groups is 1. The summed E-state index contributed by atoms with van der Waals surface area (Å²) in [6.45, 7) is 6.44. The molecule has 1 aromatic heterocycles. The van der Waals surface area contributed by atoms with Crippen LogP contribution in [0.2, 0.25) is 5.02 Å². The van der Waals surface area contributed by atoms with Crippen molar-refractivity contribution in [3.63, 3.8) is 0 Å². The topological polar surface area (TPSA) is 43.8 Å². The second-order valence-corrected chi connectivity index (χ2v) is 6.56. The van der Waals surface area contributed by atoms with Crippen LogP contribution in [0, 0.1) is 6.92 Å². The van der Waals surface area contributed by atoms with Crippen LogP contribution >= 0.6 is 11.6 Å². The number of pyridine rings is 1. The summed E-state index contributed by atoms with van der Waals surface area (Å²) in [6, 6.07) is 14.1. The van der Waals surface area contributed by atoms with Crippen LogP contribution in [-0.2, 0) is 6.54 Å². The number of aromatic nitrogens is 1. The number of rotatable bonds is 3. The number of hydrogen-bond donors (Lipinski definition) is 1. The number of nitrogens with one attached hydrogen (secondary N) is 1. The number of anilines is 1. The number of hydrogen-bond acceptors (Lipinski definition) is 3. The molecule has 1 aliphatic rings. The van der Waals surface area contributed by atoms with Gasteiger partial charge in [0.05, 0.1) is 12.2 Å². The molecule has 5 nitrogen and oxygen atoms in total. The van der Waals surface area contributed by atoms with Crippen molar-refractivity contribution in [2.75, 3.05) is 38.1 Å². The summed E-state index contributed by atoms with van der Waals surface area (Å²) >= 11 is 6.10. The highest BCUT2D eigenvalue weighted by molar-refractivity contribution is 6.30. The van der Waals surface area contributed by atoms with E-state index >= 15 is 0 Å². The van der Waals surface area contributed by atoms with Crippen molar-refractivity contribution in [1.29, 1.82) is 0 Å². The zero-order chi connectivity index (χ0) is 17.6. The third-order valence-corrected chi connectivity index (χ3v) is 4.57. The molecule has 1 N–H and O–H groups in total. The molecule has 0 bridgehead atoms. The van der Waals surface area contributed by atoms with Gasteiger partial charge in [-0.1, -0.05) is 23.7 Å². The first-order chi connectivity index (χ1) is 12.2. The van der Waals surface area contributed by atoms with Crippen molar-refractivity contribution < 1.29 is 0 Å². The highest BCUT2D eigenvalue weighted by atomic mass is 35.5. The van der Waals surface area contributed by atoms with E-state index in [1.54, 1.807) is 0 Å². The fourth-order valence-corrected chi connectivity index (χ4v) is 3.23. The molecule has 3 rings (SSSR count). The number of benzene rings is 1. The lowest BCUT2D eigenvalue weighted by molar-refractivity contribution is 0.372. The van der Waals surface area contributed by atoms with Crippen LogP contribution in [0.25, 0.3) is 0 Å². The summed E-state index contributed by atoms with van der Waals surface area (Å²) in [5, 5.41) is 4.20. The van der Waals surface area contributed by atoms with E-state index in [-0.39, 0.29) is 0 Å². The fourth-order valence-electron chi connectivity index (χ4n) is 3.05. The molecule has 0 aliphatic carbocycles. The lowest BCUT2D eigenvalue weighted by atomic mass is 10.2. The number of piperazine rings is 1. The molecule has 1 fully saturated rings. The molecule has 0 unspecified atom stereocenters. The Bertz CT molecular complexity index is 738. The van der Waals surface area contributed by atoms with Gasteiger partial charge >= 0.3 is 0 Å². The Labute approximate surface area is 154 Å². The van der Waals surface area contributed by atoms with Crippen molar-refractivity contribution in [3.05, 3.63) is 58.9 Å². The van der Waals surface area contributed by atoms with E-state index in [1.807, 2.05) is 50.4 Å². The van der Waals surface area contributed by atoms with Crippen molar-refractivity contribution in [3.8, 4) is 0 Å². The molecule has 2 heterocycles. The minimum absolute atomic E-state index is 0.683. The molecule has 132 valence electrons. The standard InChI is InChI=1S/C19H24ClN5/c1-15-5-3-7-17(23-15)14-22-19(21-2)25-11-9-24(10-12-25)18-8-4-6-16(20)13-18/h3-8,13H,9-12,14H2,1-2H3,(H,21,22). The highest BCUT2D eigenvalue weighted by Crippen LogP contribution is 2.20. The third-order valence-electron chi connectivity index (χ3n) is 4.34. The van der Waals surface area contributed by atoms with Crippen LogP contribution in [0.15, 0.2) is 47.5 Å². The Kier molecular flexibility index (Phi) is 5.76. The first-order valence-electron chi connectivity index (χ1n) is 8.54. The summed E-state index contributed by atoms with van der Waals surface area (Å²) in [5.41, 5.74) is 3.24. The number of aryl methyl sites for hydroxylation is 1. The van der Waals surface area contributed by atoms with Crippen LogP contribution < -0.4 is 10.2 Å². The Hall–Kier alpha value is -2.27. The first-order valence-corrected chi connectivity index (χ1v) is 8.92. The number of nitrogens with zero attached hydrogens (tertiary/aromatic N) is 4. The molecule has 1 saturated heterocycles. The van der Waals surface area contributed by atoms with Crippen molar-refractivity contribution in [1.82, 2.24) is 15.2 Å². The molecular weight excluding hydrogens is 334 g/mol. The van der Waals surface area contributed by atoms with Crippen LogP contribution in [0.5, 0.6) is 0 Å². The molecule has 1 aromatic carbocycles. The van der Waals surface area contributed by atoms with Gasteiger partial charge in [0.1, 0.15) is 0 Å². The zero-order valence-corrected chi connectivity index (χ0v) is 15.5. The van der Waals surface area contributed by atoms with E-state index in [9.17, 15) is 0 Å². The minimum Gasteiger partial charge on any atom is -0.368 e. The van der Waals surface area contributed by atoms with E-state index < -0.39 is 0 Å². The van der Waals surface area contributed by atoms with Crippen LogP contribution in [-0.4, -0.2) is 49.1 Å². The van der Waals surface area contributed by atoms with Gasteiger partial charge in [0.15, 0.2) is 5.96 Å². The van der Waals surface area contributed by atoms with Gasteiger partial charge in [-0.25, -0.2) is 0 Å². The molecule has 0 atom stereocenters. The lowest BCUT2D eigenvalue weighted by Gasteiger charge is -2.37. The second kappa shape index (κ2) is 8.21. The predicted molar refractivity (Wildman–Crippen MR) is 104 cm³/mol. The van der Waals surface area contributed by atoms with Crippen molar-refractivity contribution >= 4 is 23.2 Å². The summed E-state index contributed by atoms with van der Waals surface area (Å²) in [5.74, 6) is 0.925. The van der Waals surface area contributed by atoms with Gasteiger partial charge in [0, 0.05) is 49.6 Å². The van der Waals surface area contributed by atoms with Crippen molar-refractivity contribution in [2.24, 2.45) is 4.99 Å². The van der Waals surface area contributed by atoms with Gasteiger partial charge in [-0.2, -0.15) is 0 Å². The highest BCUT2D eigenvalue weighted by Gasteiger charge is 2.19. The maximum atomic E-state index is 6.10. The molecule has 1 aliphatic heterocycles. The second-order valence-electron chi connectivity index (χ2n) is 6.13. The molecule has 0 amide bonds. The molecule has 0 saturated carbocycles. The maximum absolute atomic E-state index is 6.10. The Morgan fingerprint density at radius 3 is 2.60 bits per heavy atom. The summed E-state index contributed by atoms with van der Waals surface area (Å²) in [7, 11) is 1.83. The number of guanidine groups is 1. The van der Waals surface area contributed by atoms with Gasteiger partial charge in [-0.05, 0) is 37.3 Å². The van der Waals surface area contributed by atoms with Gasteiger partial charge in [-0.3, -0.25) is 9.98 Å². The molecule has 6 heteroatoms. The molecule has 25 heavy (non-hydrogen) atoms. The van der Waals surface area contributed by atoms with E-state index in [4.69, 9.17) is 11.6 Å². The Morgan fingerprint density at radius 1 is 1.16 bits per heavy atom. The molecule has 0 radical (unpaired) electrons. The van der Waals surface area contributed by atoms with Crippen LogP contribution in [0.3, 0.4) is 0 Å².